The molecule has 1 atom stereocenters. The number of aromatic nitrogens is 1. The number of carbonyl (C=O) groups is 2. The maximum atomic E-state index is 13.2. The van der Waals surface area contributed by atoms with Gasteiger partial charge in [0, 0.05) is 41.3 Å². The molecule has 5 heteroatoms. The highest BCUT2D eigenvalue weighted by atomic mass is 16.3. The van der Waals surface area contributed by atoms with E-state index in [0.717, 1.165) is 27.6 Å². The fraction of sp³-hybridized carbons (Fsp3) is 0.280. The second kappa shape index (κ2) is 7.17. The van der Waals surface area contributed by atoms with Crippen molar-refractivity contribution in [1.29, 1.82) is 0 Å². The number of hydrogen-bond donors (Lipinski definition) is 1. The lowest BCUT2D eigenvalue weighted by Gasteiger charge is -2.27. The van der Waals surface area contributed by atoms with Crippen molar-refractivity contribution >= 4 is 28.3 Å². The zero-order valence-electron chi connectivity index (χ0n) is 17.9. The minimum absolute atomic E-state index is 0.171. The van der Waals surface area contributed by atoms with E-state index in [0.29, 0.717) is 5.69 Å². The van der Waals surface area contributed by atoms with Gasteiger partial charge in [0.1, 0.15) is 0 Å². The van der Waals surface area contributed by atoms with Gasteiger partial charge in [-0.1, -0.05) is 38.1 Å². The molecular formula is C25H26N2O3. The number of ketones is 1. The number of Topliss-reactive ketones (excluding diaryl/α,β-unsaturated/α-hetero) is 1. The van der Waals surface area contributed by atoms with Crippen LogP contribution in [0.4, 0.5) is 5.69 Å². The molecule has 0 spiro atoms. The van der Waals surface area contributed by atoms with Crippen molar-refractivity contribution in [3.63, 3.8) is 0 Å². The van der Waals surface area contributed by atoms with Crippen LogP contribution >= 0.6 is 0 Å². The van der Waals surface area contributed by atoms with E-state index in [2.05, 4.69) is 0 Å². The molecule has 0 bridgehead atoms. The molecule has 2 aromatic carbocycles. The van der Waals surface area contributed by atoms with Crippen molar-refractivity contribution in [2.75, 3.05) is 4.90 Å². The largest absolute Gasteiger partial charge is 0.503 e. The summed E-state index contributed by atoms with van der Waals surface area (Å²) in [6, 6.07) is 13.0. The summed E-state index contributed by atoms with van der Waals surface area (Å²) >= 11 is 0. The number of benzene rings is 2. The van der Waals surface area contributed by atoms with Crippen LogP contribution in [0.5, 0.6) is 0 Å². The minimum Gasteiger partial charge on any atom is -0.503 e. The zero-order chi connectivity index (χ0) is 21.7. The Bertz CT molecular complexity index is 1220. The van der Waals surface area contributed by atoms with E-state index in [1.54, 1.807) is 18.7 Å². The quantitative estimate of drug-likeness (QED) is 0.674. The average Bonchev–Trinajstić information content (AvgIpc) is 3.18. The third-order valence-corrected chi connectivity index (χ3v) is 5.99. The first-order valence-electron chi connectivity index (χ1n) is 10.1. The summed E-state index contributed by atoms with van der Waals surface area (Å²) in [5.74, 6) is -1.55. The van der Waals surface area contributed by atoms with Gasteiger partial charge in [-0.05, 0) is 43.2 Å². The van der Waals surface area contributed by atoms with Crippen LogP contribution in [-0.4, -0.2) is 21.4 Å². The van der Waals surface area contributed by atoms with Crippen molar-refractivity contribution in [2.45, 2.75) is 33.7 Å². The minimum atomic E-state index is -0.680. The van der Waals surface area contributed by atoms with Gasteiger partial charge in [-0.2, -0.15) is 0 Å². The summed E-state index contributed by atoms with van der Waals surface area (Å²) in [5, 5.41) is 11.8. The molecule has 154 valence electrons. The summed E-state index contributed by atoms with van der Waals surface area (Å²) in [6.45, 7) is 7.56. The number of aliphatic hydroxyl groups is 1. The monoisotopic (exact) mass is 402 g/mol. The number of hydrogen-bond acceptors (Lipinski definition) is 3. The van der Waals surface area contributed by atoms with E-state index in [9.17, 15) is 14.7 Å². The molecule has 1 aliphatic heterocycles. The molecule has 4 rings (SSSR count). The molecule has 1 unspecified atom stereocenters. The van der Waals surface area contributed by atoms with Crippen LogP contribution in [0.1, 0.15) is 36.6 Å². The molecule has 2 heterocycles. The van der Waals surface area contributed by atoms with Crippen molar-refractivity contribution in [2.24, 2.45) is 13.0 Å². The number of rotatable bonds is 4. The van der Waals surface area contributed by atoms with Crippen molar-refractivity contribution < 1.29 is 14.7 Å². The zero-order valence-corrected chi connectivity index (χ0v) is 17.9. The summed E-state index contributed by atoms with van der Waals surface area (Å²) in [5.41, 5.74) is 4.82. The van der Waals surface area contributed by atoms with E-state index in [-0.39, 0.29) is 17.3 Å². The third kappa shape index (κ3) is 2.93. The number of carbonyl (C=O) groups excluding carboxylic acids is 2. The Morgan fingerprint density at radius 1 is 1.07 bits per heavy atom. The topological polar surface area (TPSA) is 62.5 Å². The number of anilines is 1. The van der Waals surface area contributed by atoms with Gasteiger partial charge in [-0.15, -0.1) is 0 Å². The van der Waals surface area contributed by atoms with Gasteiger partial charge in [0.2, 0.25) is 0 Å². The Labute approximate surface area is 176 Å². The second-order valence-corrected chi connectivity index (χ2v) is 8.34. The molecule has 0 saturated heterocycles. The van der Waals surface area contributed by atoms with Crippen LogP contribution in [-0.2, 0) is 16.6 Å². The molecule has 3 aromatic rings. The van der Waals surface area contributed by atoms with Crippen LogP contribution in [0.2, 0.25) is 0 Å². The maximum Gasteiger partial charge on any atom is 0.294 e. The van der Waals surface area contributed by atoms with Crippen molar-refractivity contribution in [1.82, 2.24) is 4.57 Å². The summed E-state index contributed by atoms with van der Waals surface area (Å²) in [6.07, 6.45) is 1.95. The van der Waals surface area contributed by atoms with E-state index >= 15 is 0 Å². The van der Waals surface area contributed by atoms with Crippen LogP contribution in [0.15, 0.2) is 60.0 Å². The van der Waals surface area contributed by atoms with Crippen LogP contribution in [0.25, 0.3) is 10.9 Å². The third-order valence-electron chi connectivity index (χ3n) is 5.99. The van der Waals surface area contributed by atoms with E-state index in [4.69, 9.17) is 0 Å². The SMILES string of the molecule is Cc1ccc(N2C(=O)C(O)=C(C(=O)C(C)C)C2c2cn(C)c3ccccc23)cc1C. The first-order chi connectivity index (χ1) is 14.2. The van der Waals surface area contributed by atoms with Crippen molar-refractivity contribution in [3.8, 4) is 0 Å². The predicted molar refractivity (Wildman–Crippen MR) is 119 cm³/mol. The molecule has 1 aliphatic rings. The van der Waals surface area contributed by atoms with Crippen LogP contribution in [0.3, 0.4) is 0 Å². The fourth-order valence-corrected chi connectivity index (χ4v) is 4.19. The number of para-hydroxylation sites is 1. The van der Waals surface area contributed by atoms with Gasteiger partial charge in [-0.3, -0.25) is 14.5 Å². The van der Waals surface area contributed by atoms with E-state index < -0.39 is 17.7 Å². The molecule has 1 aromatic heterocycles. The Hall–Kier alpha value is -3.34. The predicted octanol–water partition coefficient (Wildman–Crippen LogP) is 4.92. The summed E-state index contributed by atoms with van der Waals surface area (Å²) in [4.78, 5) is 27.9. The first-order valence-corrected chi connectivity index (χ1v) is 10.1. The number of nitrogens with zero attached hydrogens (tertiary/aromatic N) is 2. The first kappa shape index (κ1) is 20.0. The molecule has 0 fully saturated rings. The molecule has 5 nitrogen and oxygen atoms in total. The molecule has 0 radical (unpaired) electrons. The lowest BCUT2D eigenvalue weighted by molar-refractivity contribution is -0.119. The Morgan fingerprint density at radius 2 is 1.77 bits per heavy atom. The number of aliphatic hydroxyl groups excluding tert-OH is 1. The highest BCUT2D eigenvalue weighted by Gasteiger charge is 2.45. The van der Waals surface area contributed by atoms with E-state index in [1.165, 1.54) is 0 Å². The smallest absolute Gasteiger partial charge is 0.294 e. The van der Waals surface area contributed by atoms with Crippen LogP contribution < -0.4 is 4.90 Å². The number of fused-ring (bicyclic) bond motifs is 1. The van der Waals surface area contributed by atoms with Gasteiger partial charge < -0.3 is 9.67 Å². The lowest BCUT2D eigenvalue weighted by atomic mass is 9.91. The molecule has 1 amide bonds. The fourth-order valence-electron chi connectivity index (χ4n) is 4.19. The average molecular weight is 402 g/mol. The summed E-state index contributed by atoms with van der Waals surface area (Å²) in [7, 11) is 1.94. The number of aryl methyl sites for hydroxylation is 3. The lowest BCUT2D eigenvalue weighted by Crippen LogP contribution is -2.31. The highest BCUT2D eigenvalue weighted by Crippen LogP contribution is 2.44. The summed E-state index contributed by atoms with van der Waals surface area (Å²) < 4.78 is 1.99. The Kier molecular flexibility index (Phi) is 4.77. The van der Waals surface area contributed by atoms with Gasteiger partial charge in [0.15, 0.2) is 11.5 Å². The van der Waals surface area contributed by atoms with E-state index in [1.807, 2.05) is 74.1 Å². The molecule has 1 N–H and O–H groups in total. The van der Waals surface area contributed by atoms with Gasteiger partial charge >= 0.3 is 0 Å². The second-order valence-electron chi connectivity index (χ2n) is 8.34. The normalized spacial score (nSPS) is 16.9. The maximum absolute atomic E-state index is 13.2. The highest BCUT2D eigenvalue weighted by molar-refractivity contribution is 6.17. The van der Waals surface area contributed by atoms with Gasteiger partial charge in [0.25, 0.3) is 5.91 Å². The van der Waals surface area contributed by atoms with Crippen LogP contribution in [0, 0.1) is 19.8 Å². The van der Waals surface area contributed by atoms with Crippen molar-refractivity contribution in [3.05, 3.63) is 76.7 Å². The van der Waals surface area contributed by atoms with Gasteiger partial charge in [0.05, 0.1) is 11.6 Å². The molecule has 30 heavy (non-hydrogen) atoms. The standard InChI is InChI=1S/C25H26N2O3/c1-14(2)23(28)21-22(19-13-26(5)20-9-7-6-8-18(19)20)27(25(30)24(21)29)17-11-10-15(3)16(4)12-17/h6-14,22,29H,1-5H3. The molecule has 0 saturated carbocycles. The molecular weight excluding hydrogens is 376 g/mol. The Morgan fingerprint density at radius 3 is 2.43 bits per heavy atom. The Balaban J connectivity index is 1.99. The number of amides is 1. The molecule has 0 aliphatic carbocycles. The van der Waals surface area contributed by atoms with Gasteiger partial charge in [-0.25, -0.2) is 0 Å².